The topological polar surface area (TPSA) is 54.8 Å². The van der Waals surface area contributed by atoms with Gasteiger partial charge in [0.15, 0.2) is 23.1 Å². The van der Waals surface area contributed by atoms with Gasteiger partial charge in [-0.3, -0.25) is 19.3 Å². The molecule has 7 rings (SSSR count). The number of carbonyl (C=O) groups excluding carboxylic acids is 1. The number of hydrogen-bond acceptors (Lipinski definition) is 4. The minimum absolute atomic E-state index is 0.0400. The first kappa shape index (κ1) is 24.1. The van der Waals surface area contributed by atoms with E-state index in [0.29, 0.717) is 36.6 Å². The lowest BCUT2D eigenvalue weighted by atomic mass is 9.83. The van der Waals surface area contributed by atoms with E-state index in [-0.39, 0.29) is 29.4 Å². The van der Waals surface area contributed by atoms with Crippen molar-refractivity contribution in [3.63, 3.8) is 0 Å². The summed E-state index contributed by atoms with van der Waals surface area (Å²) in [6, 6.07) is 12.0. The molecule has 200 valence electrons. The van der Waals surface area contributed by atoms with E-state index >= 15 is 0 Å². The quantitative estimate of drug-likeness (QED) is 0.406. The fourth-order valence-electron chi connectivity index (χ4n) is 6.46. The van der Waals surface area contributed by atoms with Gasteiger partial charge in [0, 0.05) is 18.8 Å². The molecule has 4 aliphatic rings. The number of benzene rings is 2. The lowest BCUT2D eigenvalue weighted by Crippen LogP contribution is -2.62. The maximum atomic E-state index is 14.9. The highest BCUT2D eigenvalue weighted by atomic mass is 19.2. The molecule has 1 aromatic heterocycles. The van der Waals surface area contributed by atoms with Gasteiger partial charge >= 0.3 is 0 Å². The molecule has 0 N–H and O–H groups in total. The Hall–Kier alpha value is -3.94. The summed E-state index contributed by atoms with van der Waals surface area (Å²) in [4.78, 5) is 28.8. The zero-order valence-electron chi connectivity index (χ0n) is 21.8. The zero-order valence-corrected chi connectivity index (χ0v) is 21.8. The zero-order chi connectivity index (χ0) is 26.9. The van der Waals surface area contributed by atoms with E-state index in [1.165, 1.54) is 18.2 Å². The third-order valence-electron chi connectivity index (χ3n) is 8.46. The van der Waals surface area contributed by atoms with Gasteiger partial charge < -0.3 is 9.64 Å². The van der Waals surface area contributed by atoms with Gasteiger partial charge in [0.05, 0.1) is 6.61 Å². The predicted octanol–water partition coefficient (Wildman–Crippen LogP) is 4.96. The summed E-state index contributed by atoms with van der Waals surface area (Å²) >= 11 is 0. The van der Waals surface area contributed by atoms with Crippen molar-refractivity contribution in [3.05, 3.63) is 104 Å². The Morgan fingerprint density at radius 2 is 1.85 bits per heavy atom. The maximum absolute atomic E-state index is 14.9. The minimum atomic E-state index is -0.979. The van der Waals surface area contributed by atoms with Gasteiger partial charge in [-0.05, 0) is 71.6 Å². The fraction of sp³-hybridized carbons (Fsp3) is 0.355. The molecule has 39 heavy (non-hydrogen) atoms. The second-order valence-corrected chi connectivity index (χ2v) is 11.0. The van der Waals surface area contributed by atoms with Crippen LogP contribution in [0.15, 0.2) is 59.0 Å². The summed E-state index contributed by atoms with van der Waals surface area (Å²) < 4.78 is 37.0. The molecule has 2 heterocycles. The van der Waals surface area contributed by atoms with Crippen molar-refractivity contribution < 1.29 is 18.3 Å². The molecular weight excluding hydrogens is 500 g/mol. The molecule has 0 spiro atoms. The standard InChI is InChI=1S/C31H29F2N3O3/c1-2-3-12-39-29-27(37)10-11-35-28(29)30(38)34(17-19-8-9-19)18-36(35)31-22(13-20-6-4-5-7-23(20)31)14-21-15-25(32)26(33)16-24(21)31/h4-7,10-11,14-16,19H,2-3,8-9,12-13,17-18H2,1H3. The highest BCUT2D eigenvalue weighted by Crippen LogP contribution is 2.56. The molecule has 8 heteroatoms. The molecule has 1 saturated carbocycles. The van der Waals surface area contributed by atoms with Crippen molar-refractivity contribution in [1.29, 1.82) is 0 Å². The number of amides is 1. The summed E-state index contributed by atoms with van der Waals surface area (Å²) in [5.74, 6) is -1.61. The highest BCUT2D eigenvalue weighted by Gasteiger charge is 2.55. The van der Waals surface area contributed by atoms with Crippen molar-refractivity contribution in [2.75, 3.05) is 24.8 Å². The molecule has 3 aromatic rings. The number of carbonyl (C=O) groups is 1. The summed E-state index contributed by atoms with van der Waals surface area (Å²) in [6.45, 7) is 3.15. The van der Waals surface area contributed by atoms with E-state index in [9.17, 15) is 18.4 Å². The average Bonchev–Trinajstić information content (AvgIpc) is 3.62. The van der Waals surface area contributed by atoms with Crippen LogP contribution in [0, 0.1) is 17.6 Å². The molecule has 1 unspecified atom stereocenters. The summed E-state index contributed by atoms with van der Waals surface area (Å²) in [5, 5.41) is 2.04. The molecule has 1 fully saturated rings. The number of halogens is 2. The number of hydrogen-bond donors (Lipinski definition) is 0. The smallest absolute Gasteiger partial charge is 0.277 e. The van der Waals surface area contributed by atoms with Gasteiger partial charge in [0.25, 0.3) is 5.91 Å². The molecule has 2 aromatic carbocycles. The summed E-state index contributed by atoms with van der Waals surface area (Å²) in [7, 11) is 0. The van der Waals surface area contributed by atoms with Crippen LogP contribution >= 0.6 is 0 Å². The van der Waals surface area contributed by atoms with Crippen molar-refractivity contribution in [2.24, 2.45) is 5.92 Å². The van der Waals surface area contributed by atoms with Crippen LogP contribution in [0.25, 0.3) is 6.08 Å². The van der Waals surface area contributed by atoms with Gasteiger partial charge in [-0.15, -0.1) is 0 Å². The number of pyridine rings is 1. The second-order valence-electron chi connectivity index (χ2n) is 11.0. The Balaban J connectivity index is 1.49. The third kappa shape index (κ3) is 3.50. The van der Waals surface area contributed by atoms with E-state index < -0.39 is 17.2 Å². The monoisotopic (exact) mass is 529 g/mol. The Bertz CT molecular complexity index is 1610. The van der Waals surface area contributed by atoms with Crippen molar-refractivity contribution >= 4 is 12.0 Å². The summed E-state index contributed by atoms with van der Waals surface area (Å²) in [5.41, 5.74) is 3.12. The third-order valence-corrected chi connectivity index (χ3v) is 8.46. The largest absolute Gasteiger partial charge is 0.487 e. The van der Waals surface area contributed by atoms with Gasteiger partial charge in [0.1, 0.15) is 12.2 Å². The number of aromatic nitrogens is 1. The van der Waals surface area contributed by atoms with Gasteiger partial charge in [0.2, 0.25) is 5.43 Å². The van der Waals surface area contributed by atoms with E-state index in [1.807, 2.05) is 36.2 Å². The molecule has 1 atom stereocenters. The number of fused-ring (bicyclic) bond motifs is 6. The Labute approximate surface area is 225 Å². The van der Waals surface area contributed by atoms with E-state index in [0.717, 1.165) is 42.4 Å². The highest BCUT2D eigenvalue weighted by molar-refractivity contribution is 5.96. The van der Waals surface area contributed by atoms with Crippen molar-refractivity contribution in [3.8, 4) is 5.75 Å². The number of nitrogens with zero attached hydrogens (tertiary/aromatic N) is 3. The fourth-order valence-corrected chi connectivity index (χ4v) is 6.46. The Kier molecular flexibility index (Phi) is 5.44. The molecule has 1 aliphatic heterocycles. The van der Waals surface area contributed by atoms with Gasteiger partial charge in [-0.25, -0.2) is 8.78 Å². The first-order valence-electron chi connectivity index (χ1n) is 13.7. The molecule has 0 bridgehead atoms. The molecule has 0 radical (unpaired) electrons. The van der Waals surface area contributed by atoms with Crippen LogP contribution in [0.3, 0.4) is 0 Å². The second kappa shape index (κ2) is 8.79. The molecule has 6 nitrogen and oxygen atoms in total. The van der Waals surface area contributed by atoms with E-state index in [4.69, 9.17) is 4.74 Å². The molecule has 3 aliphatic carbocycles. The SMILES string of the molecule is CCCCOc1c2n(ccc1=O)N(C13C(=Cc4cc(F)c(F)cc41)Cc1ccccc13)CN(CC1CC1)C2=O. The average molecular weight is 530 g/mol. The summed E-state index contributed by atoms with van der Waals surface area (Å²) in [6.07, 6.45) is 7.91. The maximum Gasteiger partial charge on any atom is 0.277 e. The van der Waals surface area contributed by atoms with Crippen LogP contribution in [0.5, 0.6) is 5.75 Å². The lowest BCUT2D eigenvalue weighted by Gasteiger charge is -2.49. The number of unbranched alkanes of at least 4 members (excludes halogenated alkanes) is 1. The van der Waals surface area contributed by atoms with Crippen molar-refractivity contribution in [1.82, 2.24) is 9.58 Å². The van der Waals surface area contributed by atoms with Gasteiger partial charge in [-0.2, -0.15) is 0 Å². The van der Waals surface area contributed by atoms with Crippen LogP contribution in [0.1, 0.15) is 65.3 Å². The number of ether oxygens (including phenoxy) is 1. The first-order valence-corrected chi connectivity index (χ1v) is 13.7. The van der Waals surface area contributed by atoms with Crippen LogP contribution in [-0.4, -0.2) is 35.3 Å². The minimum Gasteiger partial charge on any atom is -0.487 e. The van der Waals surface area contributed by atoms with Crippen molar-refractivity contribution in [2.45, 2.75) is 44.6 Å². The van der Waals surface area contributed by atoms with Crippen LogP contribution < -0.4 is 15.2 Å². The van der Waals surface area contributed by atoms with Crippen LogP contribution in [0.4, 0.5) is 8.78 Å². The Morgan fingerprint density at radius 3 is 2.64 bits per heavy atom. The first-order chi connectivity index (χ1) is 18.9. The van der Waals surface area contributed by atoms with Crippen LogP contribution in [-0.2, 0) is 12.0 Å². The number of rotatable bonds is 7. The Morgan fingerprint density at radius 1 is 1.05 bits per heavy atom. The van der Waals surface area contributed by atoms with Gasteiger partial charge in [-0.1, -0.05) is 43.7 Å². The molecule has 1 amide bonds. The molecule has 0 saturated heterocycles. The predicted molar refractivity (Wildman–Crippen MR) is 143 cm³/mol. The van der Waals surface area contributed by atoms with Crippen LogP contribution in [0.2, 0.25) is 0 Å². The molecular formula is C31H29F2N3O3. The van der Waals surface area contributed by atoms with E-state index in [1.54, 1.807) is 15.8 Å². The lowest BCUT2D eigenvalue weighted by molar-refractivity contribution is 0.0655. The normalized spacial score (nSPS) is 20.9. The van der Waals surface area contributed by atoms with E-state index in [2.05, 4.69) is 6.07 Å².